The van der Waals surface area contributed by atoms with Crippen molar-refractivity contribution < 1.29 is 9.21 Å². The predicted octanol–water partition coefficient (Wildman–Crippen LogP) is 2.92. The van der Waals surface area contributed by atoms with Crippen molar-refractivity contribution in [1.82, 2.24) is 30.2 Å². The predicted molar refractivity (Wildman–Crippen MR) is 104 cm³/mol. The van der Waals surface area contributed by atoms with Gasteiger partial charge in [0.15, 0.2) is 5.69 Å². The second kappa shape index (κ2) is 7.46. The number of amides is 2. The second-order valence-electron chi connectivity index (χ2n) is 7.08. The molecule has 8 nitrogen and oxygen atoms in total. The van der Waals surface area contributed by atoms with Gasteiger partial charge in [-0.05, 0) is 25.5 Å². The molecule has 0 atom stereocenters. The fraction of sp³-hybridized carbons (Fsp3) is 0.400. The molecule has 0 spiro atoms. The molecule has 0 aliphatic carbocycles. The highest BCUT2D eigenvalue weighted by Crippen LogP contribution is 2.30. The Bertz CT molecular complexity index is 989. The second-order valence-corrected chi connectivity index (χ2v) is 7.08. The third kappa shape index (κ3) is 3.37. The lowest BCUT2D eigenvalue weighted by Crippen LogP contribution is -2.43. The summed E-state index contributed by atoms with van der Waals surface area (Å²) in [7, 11) is 1.91. The van der Waals surface area contributed by atoms with Gasteiger partial charge in [-0.2, -0.15) is 5.10 Å². The van der Waals surface area contributed by atoms with Crippen LogP contribution in [-0.4, -0.2) is 44.0 Å². The molecule has 0 saturated carbocycles. The fourth-order valence-corrected chi connectivity index (χ4v) is 3.41. The van der Waals surface area contributed by atoms with Crippen LogP contribution in [-0.2, 0) is 20.0 Å². The Morgan fingerprint density at radius 3 is 2.71 bits per heavy atom. The zero-order valence-corrected chi connectivity index (χ0v) is 16.4. The molecule has 4 rings (SSSR count). The fourth-order valence-electron chi connectivity index (χ4n) is 3.41. The first-order chi connectivity index (χ1) is 13.6. The van der Waals surface area contributed by atoms with Crippen LogP contribution < -0.4 is 5.32 Å². The van der Waals surface area contributed by atoms with Crippen LogP contribution in [0.15, 0.2) is 28.7 Å². The maximum atomic E-state index is 12.4. The summed E-state index contributed by atoms with van der Waals surface area (Å²) in [5, 5.41) is 15.9. The van der Waals surface area contributed by atoms with Gasteiger partial charge in [0, 0.05) is 43.4 Å². The molecule has 0 radical (unpaired) electrons. The van der Waals surface area contributed by atoms with E-state index in [2.05, 4.69) is 20.6 Å². The van der Waals surface area contributed by atoms with Gasteiger partial charge in [-0.15, -0.1) is 10.2 Å². The number of nitrogens with one attached hydrogen (secondary N) is 1. The molecule has 1 aliphatic heterocycles. The molecule has 146 valence electrons. The smallest absolute Gasteiger partial charge is 0.317 e. The first-order valence-electron chi connectivity index (χ1n) is 9.55. The number of aryl methyl sites for hydroxylation is 2. The van der Waals surface area contributed by atoms with E-state index >= 15 is 0 Å². The lowest BCUT2D eigenvalue weighted by Gasteiger charge is -2.27. The van der Waals surface area contributed by atoms with E-state index in [0.717, 1.165) is 29.7 Å². The normalized spacial score (nSPS) is 13.5. The molecule has 0 bridgehead atoms. The molecule has 0 unspecified atom stereocenters. The van der Waals surface area contributed by atoms with E-state index in [4.69, 9.17) is 4.42 Å². The van der Waals surface area contributed by atoms with Gasteiger partial charge in [0.1, 0.15) is 0 Å². The van der Waals surface area contributed by atoms with Crippen LogP contribution in [0.5, 0.6) is 0 Å². The highest BCUT2D eigenvalue weighted by Gasteiger charge is 2.29. The van der Waals surface area contributed by atoms with Gasteiger partial charge in [-0.1, -0.05) is 24.6 Å². The molecule has 3 aromatic rings. The Morgan fingerprint density at radius 1 is 1.21 bits per heavy atom. The standard InChI is InChI=1S/C20H24N6O2/c1-4-10-21-20(27)26-11-9-16-15(12-26)17(24-25(16)3)19-23-22-18(28-19)14-7-5-13(2)6-8-14/h5-8H,4,9-12H2,1-3H3,(H,21,27). The lowest BCUT2D eigenvalue weighted by molar-refractivity contribution is 0.192. The Balaban J connectivity index is 1.62. The van der Waals surface area contributed by atoms with Crippen molar-refractivity contribution in [2.24, 2.45) is 7.05 Å². The molecule has 3 heterocycles. The summed E-state index contributed by atoms with van der Waals surface area (Å²) in [6.45, 7) is 5.89. The maximum absolute atomic E-state index is 12.4. The van der Waals surface area contributed by atoms with Crippen LogP contribution in [0.3, 0.4) is 0 Å². The van der Waals surface area contributed by atoms with Crippen LogP contribution in [0.4, 0.5) is 4.79 Å². The third-order valence-corrected chi connectivity index (χ3v) is 4.98. The number of rotatable bonds is 4. The molecule has 1 aliphatic rings. The number of carbonyl (C=O) groups is 1. The number of aromatic nitrogens is 4. The molecular weight excluding hydrogens is 356 g/mol. The minimum atomic E-state index is -0.0480. The van der Waals surface area contributed by atoms with Crippen LogP contribution in [0, 0.1) is 6.92 Å². The van der Waals surface area contributed by atoms with Crippen molar-refractivity contribution in [2.45, 2.75) is 33.2 Å². The van der Waals surface area contributed by atoms with Crippen molar-refractivity contribution >= 4 is 6.03 Å². The van der Waals surface area contributed by atoms with E-state index < -0.39 is 0 Å². The number of fused-ring (bicyclic) bond motifs is 1. The third-order valence-electron chi connectivity index (χ3n) is 4.98. The summed E-state index contributed by atoms with van der Waals surface area (Å²) >= 11 is 0. The van der Waals surface area contributed by atoms with E-state index in [-0.39, 0.29) is 6.03 Å². The van der Waals surface area contributed by atoms with Crippen LogP contribution in [0.25, 0.3) is 23.0 Å². The number of benzene rings is 1. The van der Waals surface area contributed by atoms with Gasteiger partial charge < -0.3 is 14.6 Å². The van der Waals surface area contributed by atoms with Crippen molar-refractivity contribution in [3.05, 3.63) is 41.1 Å². The van der Waals surface area contributed by atoms with Crippen LogP contribution >= 0.6 is 0 Å². The van der Waals surface area contributed by atoms with Gasteiger partial charge in [-0.25, -0.2) is 4.79 Å². The SMILES string of the molecule is CCCNC(=O)N1CCc2c(c(-c3nnc(-c4ccc(C)cc4)o3)nn2C)C1. The van der Waals surface area contributed by atoms with Gasteiger partial charge in [0.2, 0.25) is 5.89 Å². The number of urea groups is 1. The number of carbonyl (C=O) groups excluding carboxylic acids is 1. The number of hydrogen-bond donors (Lipinski definition) is 1. The van der Waals surface area contributed by atoms with E-state index in [1.807, 2.05) is 49.8 Å². The quantitative estimate of drug-likeness (QED) is 0.752. The number of nitrogens with zero attached hydrogens (tertiary/aromatic N) is 5. The monoisotopic (exact) mass is 380 g/mol. The van der Waals surface area contributed by atoms with E-state index in [1.54, 1.807) is 4.90 Å². The summed E-state index contributed by atoms with van der Waals surface area (Å²) < 4.78 is 7.77. The van der Waals surface area contributed by atoms with Crippen LogP contribution in [0.1, 0.15) is 30.2 Å². The van der Waals surface area contributed by atoms with E-state index in [1.165, 1.54) is 5.56 Å². The molecule has 1 aromatic carbocycles. The molecule has 1 N–H and O–H groups in total. The first kappa shape index (κ1) is 18.2. The van der Waals surface area contributed by atoms with E-state index in [0.29, 0.717) is 37.1 Å². The Hall–Kier alpha value is -3.16. The Labute approximate surface area is 163 Å². The van der Waals surface area contributed by atoms with Crippen molar-refractivity contribution in [3.63, 3.8) is 0 Å². The molecule has 28 heavy (non-hydrogen) atoms. The molecule has 2 amide bonds. The number of hydrogen-bond acceptors (Lipinski definition) is 5. The van der Waals surface area contributed by atoms with Gasteiger partial charge >= 0.3 is 6.03 Å². The van der Waals surface area contributed by atoms with E-state index in [9.17, 15) is 4.79 Å². The Kier molecular flexibility index (Phi) is 4.85. The zero-order valence-electron chi connectivity index (χ0n) is 16.4. The van der Waals surface area contributed by atoms with Gasteiger partial charge in [0.25, 0.3) is 5.89 Å². The van der Waals surface area contributed by atoms with Crippen LogP contribution in [0.2, 0.25) is 0 Å². The lowest BCUT2D eigenvalue weighted by atomic mass is 10.1. The molecular formula is C20H24N6O2. The first-order valence-corrected chi connectivity index (χ1v) is 9.55. The topological polar surface area (TPSA) is 89.1 Å². The van der Waals surface area contributed by atoms with Gasteiger partial charge in [-0.3, -0.25) is 4.68 Å². The van der Waals surface area contributed by atoms with Gasteiger partial charge in [0.05, 0.1) is 6.54 Å². The summed E-state index contributed by atoms with van der Waals surface area (Å²) in [5.74, 6) is 0.839. The highest BCUT2D eigenvalue weighted by atomic mass is 16.4. The molecule has 8 heteroatoms. The Morgan fingerprint density at radius 2 is 1.96 bits per heavy atom. The molecule has 2 aromatic heterocycles. The summed E-state index contributed by atoms with van der Waals surface area (Å²) in [6, 6.07) is 7.89. The molecule has 0 fully saturated rings. The highest BCUT2D eigenvalue weighted by molar-refractivity contribution is 5.75. The summed E-state index contributed by atoms with van der Waals surface area (Å²) in [5.41, 5.74) is 4.76. The van der Waals surface area contributed by atoms with Crippen molar-refractivity contribution in [3.8, 4) is 23.0 Å². The minimum Gasteiger partial charge on any atom is -0.415 e. The zero-order chi connectivity index (χ0) is 19.7. The summed E-state index contributed by atoms with van der Waals surface area (Å²) in [6.07, 6.45) is 1.66. The maximum Gasteiger partial charge on any atom is 0.317 e. The van der Waals surface area contributed by atoms with Crippen molar-refractivity contribution in [1.29, 1.82) is 0 Å². The summed E-state index contributed by atoms with van der Waals surface area (Å²) in [4.78, 5) is 14.2. The minimum absolute atomic E-state index is 0.0480. The molecule has 0 saturated heterocycles. The average molecular weight is 380 g/mol. The average Bonchev–Trinajstić information content (AvgIpc) is 3.31. The van der Waals surface area contributed by atoms with Crippen molar-refractivity contribution in [2.75, 3.05) is 13.1 Å². The largest absolute Gasteiger partial charge is 0.415 e.